The third-order valence-corrected chi connectivity index (χ3v) is 4.12. The van der Waals surface area contributed by atoms with Crippen molar-refractivity contribution >= 4 is 0 Å². The van der Waals surface area contributed by atoms with E-state index in [0.717, 1.165) is 25.0 Å². The lowest BCUT2D eigenvalue weighted by Crippen LogP contribution is -2.34. The zero-order chi connectivity index (χ0) is 14.1. The average Bonchev–Trinajstić information content (AvgIpc) is 2.39. The summed E-state index contributed by atoms with van der Waals surface area (Å²) in [7, 11) is 0. The van der Waals surface area contributed by atoms with E-state index in [4.69, 9.17) is 4.74 Å². The fourth-order valence-corrected chi connectivity index (χ4v) is 2.80. The van der Waals surface area contributed by atoms with Gasteiger partial charge in [0.25, 0.3) is 0 Å². The molecular weight excluding hydrogens is 238 g/mol. The quantitative estimate of drug-likeness (QED) is 0.677. The predicted molar refractivity (Wildman–Crippen MR) is 80.3 cm³/mol. The van der Waals surface area contributed by atoms with Crippen molar-refractivity contribution in [2.75, 3.05) is 26.3 Å². The fourth-order valence-electron chi connectivity index (χ4n) is 2.80. The van der Waals surface area contributed by atoms with Gasteiger partial charge in [-0.05, 0) is 37.1 Å². The van der Waals surface area contributed by atoms with Gasteiger partial charge in [-0.15, -0.1) is 0 Å². The Bertz CT molecular complexity index is 213. The van der Waals surface area contributed by atoms with Gasteiger partial charge >= 0.3 is 0 Å². The molecule has 1 unspecified atom stereocenters. The van der Waals surface area contributed by atoms with Crippen molar-refractivity contribution in [1.29, 1.82) is 0 Å². The van der Waals surface area contributed by atoms with E-state index in [0.29, 0.717) is 19.1 Å². The molecular formula is C16H33NO2. The summed E-state index contributed by atoms with van der Waals surface area (Å²) < 4.78 is 5.44. The molecule has 1 saturated carbocycles. The molecule has 0 aliphatic heterocycles. The Balaban J connectivity index is 1.98. The molecule has 2 N–H and O–H groups in total. The molecule has 0 radical (unpaired) electrons. The largest absolute Gasteiger partial charge is 0.389 e. The molecule has 0 spiro atoms. The monoisotopic (exact) mass is 271 g/mol. The molecule has 0 heterocycles. The standard InChI is InChI=1S/C16H33NO2/c1-4-14-5-7-15(8-6-14)9-17-10-16(18)12-19-11-13(2)3/h13-18H,4-12H2,1-3H3. The first kappa shape index (κ1) is 16.9. The van der Waals surface area contributed by atoms with E-state index >= 15 is 0 Å². The van der Waals surface area contributed by atoms with Crippen molar-refractivity contribution in [3.8, 4) is 0 Å². The number of nitrogens with one attached hydrogen (secondary N) is 1. The lowest BCUT2D eigenvalue weighted by Gasteiger charge is -2.28. The highest BCUT2D eigenvalue weighted by molar-refractivity contribution is 4.73. The molecule has 19 heavy (non-hydrogen) atoms. The van der Waals surface area contributed by atoms with Crippen LogP contribution in [0.1, 0.15) is 52.9 Å². The summed E-state index contributed by atoms with van der Waals surface area (Å²) in [5.41, 5.74) is 0. The second-order valence-corrected chi connectivity index (χ2v) is 6.54. The van der Waals surface area contributed by atoms with Gasteiger partial charge in [-0.3, -0.25) is 0 Å². The zero-order valence-corrected chi connectivity index (χ0v) is 13.0. The molecule has 1 aliphatic carbocycles. The van der Waals surface area contributed by atoms with Crippen LogP contribution in [0.3, 0.4) is 0 Å². The van der Waals surface area contributed by atoms with Crippen LogP contribution in [-0.2, 0) is 4.74 Å². The van der Waals surface area contributed by atoms with Crippen LogP contribution in [0, 0.1) is 17.8 Å². The summed E-state index contributed by atoms with van der Waals surface area (Å²) in [6.07, 6.45) is 6.46. The van der Waals surface area contributed by atoms with Crippen molar-refractivity contribution in [2.24, 2.45) is 17.8 Å². The lowest BCUT2D eigenvalue weighted by molar-refractivity contribution is 0.0256. The second kappa shape index (κ2) is 9.73. The van der Waals surface area contributed by atoms with Crippen LogP contribution in [0.4, 0.5) is 0 Å². The van der Waals surface area contributed by atoms with Crippen molar-refractivity contribution in [2.45, 2.75) is 59.0 Å². The van der Waals surface area contributed by atoms with E-state index < -0.39 is 0 Å². The molecule has 114 valence electrons. The maximum absolute atomic E-state index is 9.78. The Morgan fingerprint density at radius 1 is 1.11 bits per heavy atom. The molecule has 0 saturated heterocycles. The minimum Gasteiger partial charge on any atom is -0.389 e. The number of hydrogen-bond acceptors (Lipinski definition) is 3. The smallest absolute Gasteiger partial charge is 0.0897 e. The summed E-state index contributed by atoms with van der Waals surface area (Å²) in [5, 5.41) is 13.2. The van der Waals surface area contributed by atoms with E-state index in [1.807, 2.05) is 0 Å². The molecule has 0 bridgehead atoms. The number of aliphatic hydroxyl groups excluding tert-OH is 1. The second-order valence-electron chi connectivity index (χ2n) is 6.54. The Kier molecular flexibility index (Phi) is 8.67. The Hall–Kier alpha value is -0.120. The molecule has 1 rings (SSSR count). The maximum Gasteiger partial charge on any atom is 0.0897 e. The molecule has 1 fully saturated rings. The first-order chi connectivity index (χ1) is 9.11. The van der Waals surface area contributed by atoms with Crippen LogP contribution in [0.25, 0.3) is 0 Å². The lowest BCUT2D eigenvalue weighted by atomic mass is 9.81. The maximum atomic E-state index is 9.78. The molecule has 0 aromatic rings. The predicted octanol–water partition coefficient (Wildman–Crippen LogP) is 2.83. The van der Waals surface area contributed by atoms with Gasteiger partial charge in [0.05, 0.1) is 12.7 Å². The molecule has 3 heteroatoms. The van der Waals surface area contributed by atoms with E-state index in [9.17, 15) is 5.11 Å². The van der Waals surface area contributed by atoms with Crippen LogP contribution < -0.4 is 5.32 Å². The highest BCUT2D eigenvalue weighted by atomic mass is 16.5. The number of hydrogen-bond donors (Lipinski definition) is 2. The summed E-state index contributed by atoms with van der Waals surface area (Å²) in [4.78, 5) is 0. The normalized spacial score (nSPS) is 25.7. The van der Waals surface area contributed by atoms with Crippen LogP contribution in [0.5, 0.6) is 0 Å². The van der Waals surface area contributed by atoms with Gasteiger partial charge in [0, 0.05) is 13.2 Å². The van der Waals surface area contributed by atoms with E-state index in [2.05, 4.69) is 26.1 Å². The number of aliphatic hydroxyl groups is 1. The summed E-state index contributed by atoms with van der Waals surface area (Å²) >= 11 is 0. The topological polar surface area (TPSA) is 41.5 Å². The molecule has 0 aromatic heterocycles. The summed E-state index contributed by atoms with van der Waals surface area (Å²) in [6, 6.07) is 0. The van der Waals surface area contributed by atoms with Gasteiger partial charge in [0.1, 0.15) is 0 Å². The SMILES string of the molecule is CCC1CCC(CNCC(O)COCC(C)C)CC1. The molecule has 1 atom stereocenters. The number of ether oxygens (including phenoxy) is 1. The molecule has 0 amide bonds. The first-order valence-corrected chi connectivity index (χ1v) is 8.08. The zero-order valence-electron chi connectivity index (χ0n) is 13.0. The van der Waals surface area contributed by atoms with E-state index in [1.54, 1.807) is 0 Å². The van der Waals surface area contributed by atoms with Gasteiger partial charge in [0.2, 0.25) is 0 Å². The fraction of sp³-hybridized carbons (Fsp3) is 1.00. The van der Waals surface area contributed by atoms with Crippen LogP contribution in [0.15, 0.2) is 0 Å². The average molecular weight is 271 g/mol. The number of rotatable bonds is 9. The third-order valence-electron chi connectivity index (χ3n) is 4.12. The van der Waals surface area contributed by atoms with Gasteiger partial charge in [-0.1, -0.05) is 40.0 Å². The van der Waals surface area contributed by atoms with Crippen molar-refractivity contribution in [1.82, 2.24) is 5.32 Å². The highest BCUT2D eigenvalue weighted by Gasteiger charge is 2.19. The van der Waals surface area contributed by atoms with Gasteiger partial charge < -0.3 is 15.2 Å². The van der Waals surface area contributed by atoms with Crippen molar-refractivity contribution in [3.05, 3.63) is 0 Å². The van der Waals surface area contributed by atoms with Gasteiger partial charge in [0.15, 0.2) is 0 Å². The van der Waals surface area contributed by atoms with Crippen LogP contribution >= 0.6 is 0 Å². The highest BCUT2D eigenvalue weighted by Crippen LogP contribution is 2.29. The van der Waals surface area contributed by atoms with E-state index in [1.165, 1.54) is 32.1 Å². The molecule has 0 aromatic carbocycles. The molecule has 1 aliphatic rings. The molecule has 3 nitrogen and oxygen atoms in total. The van der Waals surface area contributed by atoms with Gasteiger partial charge in [-0.2, -0.15) is 0 Å². The third kappa shape index (κ3) is 7.91. The summed E-state index contributed by atoms with van der Waals surface area (Å²) in [5.74, 6) is 2.31. The van der Waals surface area contributed by atoms with Gasteiger partial charge in [-0.25, -0.2) is 0 Å². The minimum atomic E-state index is -0.370. The summed E-state index contributed by atoms with van der Waals surface area (Å²) in [6.45, 7) is 9.45. The van der Waals surface area contributed by atoms with Crippen molar-refractivity contribution < 1.29 is 9.84 Å². The first-order valence-electron chi connectivity index (χ1n) is 8.08. The minimum absolute atomic E-state index is 0.370. The van der Waals surface area contributed by atoms with Crippen LogP contribution in [0.2, 0.25) is 0 Å². The van der Waals surface area contributed by atoms with Crippen molar-refractivity contribution in [3.63, 3.8) is 0 Å². The van der Waals surface area contributed by atoms with E-state index in [-0.39, 0.29) is 6.10 Å². The Morgan fingerprint density at radius 2 is 1.74 bits per heavy atom. The Morgan fingerprint density at radius 3 is 2.32 bits per heavy atom. The Labute approximate surface area is 119 Å². The van der Waals surface area contributed by atoms with Crippen LogP contribution in [-0.4, -0.2) is 37.5 Å².